The molecule has 0 aromatic heterocycles. The number of carbonyl (C=O) groups excluding carboxylic acids is 1. The minimum Gasteiger partial charge on any atom is -0.478 e. The Balaban J connectivity index is 2.67. The number of esters is 1. The lowest BCUT2D eigenvalue weighted by atomic mass is 9.75. The second kappa shape index (κ2) is 7.43. The number of hydrogen-bond donors (Lipinski definition) is 1. The molecule has 128 valence electrons. The van der Waals surface area contributed by atoms with Gasteiger partial charge in [-0.3, -0.25) is 9.79 Å². The van der Waals surface area contributed by atoms with Crippen LogP contribution in [0, 0.1) is 12.8 Å². The zero-order chi connectivity index (χ0) is 17.9. The smallest absolute Gasteiger partial charge is 0.334 e. The molecule has 0 bridgehead atoms. The molecule has 1 aliphatic heterocycles. The van der Waals surface area contributed by atoms with E-state index < -0.39 is 23.8 Å². The molecule has 2 unspecified atom stereocenters. The predicted molar refractivity (Wildman–Crippen MR) is 92.1 cm³/mol. The van der Waals surface area contributed by atoms with Crippen molar-refractivity contribution in [3.63, 3.8) is 0 Å². The van der Waals surface area contributed by atoms with Crippen molar-refractivity contribution in [3.05, 3.63) is 46.7 Å². The lowest BCUT2D eigenvalue weighted by molar-refractivity contribution is -0.143. The van der Waals surface area contributed by atoms with Crippen LogP contribution in [0.25, 0.3) is 0 Å². The molecule has 1 N–H and O–H groups in total. The largest absolute Gasteiger partial charge is 0.478 e. The fraction of sp³-hybridized carbons (Fsp3) is 0.421. The SMILES string of the molecule is CCCC1=C(C(=O)O)C(c2ccc(C)cc2)C(C(=O)OC)C(C)=N1. The third kappa shape index (κ3) is 3.40. The maximum atomic E-state index is 12.3. The Morgan fingerprint density at radius 1 is 1.21 bits per heavy atom. The molecule has 0 radical (unpaired) electrons. The van der Waals surface area contributed by atoms with Crippen LogP contribution in [0.5, 0.6) is 0 Å². The summed E-state index contributed by atoms with van der Waals surface area (Å²) >= 11 is 0. The lowest BCUT2D eigenvalue weighted by Gasteiger charge is -2.31. The molecule has 1 aliphatic rings. The molecule has 0 amide bonds. The van der Waals surface area contributed by atoms with E-state index in [1.165, 1.54) is 7.11 Å². The van der Waals surface area contributed by atoms with Crippen molar-refractivity contribution < 1.29 is 19.4 Å². The van der Waals surface area contributed by atoms with E-state index in [-0.39, 0.29) is 5.57 Å². The van der Waals surface area contributed by atoms with Gasteiger partial charge in [0, 0.05) is 11.6 Å². The first kappa shape index (κ1) is 17.9. The summed E-state index contributed by atoms with van der Waals surface area (Å²) in [7, 11) is 1.31. The number of aryl methyl sites for hydroxylation is 1. The van der Waals surface area contributed by atoms with Crippen LogP contribution in [0.2, 0.25) is 0 Å². The second-order valence-electron chi connectivity index (χ2n) is 6.06. The van der Waals surface area contributed by atoms with Crippen molar-refractivity contribution in [2.75, 3.05) is 7.11 Å². The molecule has 0 fully saturated rings. The van der Waals surface area contributed by atoms with Gasteiger partial charge in [-0.1, -0.05) is 43.2 Å². The summed E-state index contributed by atoms with van der Waals surface area (Å²) in [5, 5.41) is 9.80. The van der Waals surface area contributed by atoms with Gasteiger partial charge in [-0.25, -0.2) is 4.79 Å². The van der Waals surface area contributed by atoms with Gasteiger partial charge in [0.1, 0.15) is 5.92 Å². The molecule has 1 heterocycles. The second-order valence-corrected chi connectivity index (χ2v) is 6.06. The van der Waals surface area contributed by atoms with E-state index in [0.717, 1.165) is 17.5 Å². The number of hydrogen-bond acceptors (Lipinski definition) is 4. The molecule has 0 saturated heterocycles. The van der Waals surface area contributed by atoms with E-state index in [9.17, 15) is 14.7 Å². The number of benzene rings is 1. The van der Waals surface area contributed by atoms with Crippen molar-refractivity contribution >= 4 is 17.7 Å². The summed E-state index contributed by atoms with van der Waals surface area (Å²) in [6, 6.07) is 7.59. The average molecular weight is 329 g/mol. The standard InChI is InChI=1S/C19H23NO4/c1-5-6-14-17(18(21)22)16(13-9-7-11(2)8-10-13)15(12(3)20-14)19(23)24-4/h7-10,15-16H,5-6H2,1-4H3,(H,21,22). The first-order valence-corrected chi connectivity index (χ1v) is 8.06. The number of carboxylic acids is 1. The highest BCUT2D eigenvalue weighted by atomic mass is 16.5. The van der Waals surface area contributed by atoms with E-state index in [4.69, 9.17) is 4.74 Å². The first-order chi connectivity index (χ1) is 11.4. The predicted octanol–water partition coefficient (Wildman–Crippen LogP) is 3.48. The average Bonchev–Trinajstić information content (AvgIpc) is 2.54. The van der Waals surface area contributed by atoms with Gasteiger partial charge in [-0.2, -0.15) is 0 Å². The quantitative estimate of drug-likeness (QED) is 0.839. The molecule has 2 atom stereocenters. The third-order valence-corrected chi connectivity index (χ3v) is 4.33. The molecule has 24 heavy (non-hydrogen) atoms. The number of methoxy groups -OCH3 is 1. The Morgan fingerprint density at radius 2 is 1.83 bits per heavy atom. The number of rotatable bonds is 5. The monoisotopic (exact) mass is 329 g/mol. The van der Waals surface area contributed by atoms with Gasteiger partial charge >= 0.3 is 11.9 Å². The Morgan fingerprint density at radius 3 is 2.33 bits per heavy atom. The van der Waals surface area contributed by atoms with Gasteiger partial charge < -0.3 is 9.84 Å². The van der Waals surface area contributed by atoms with Crippen LogP contribution in [0.15, 0.2) is 40.5 Å². The van der Waals surface area contributed by atoms with Gasteiger partial charge in [0.2, 0.25) is 0 Å². The van der Waals surface area contributed by atoms with Gasteiger partial charge in [-0.15, -0.1) is 0 Å². The maximum absolute atomic E-state index is 12.3. The van der Waals surface area contributed by atoms with Crippen LogP contribution in [0.3, 0.4) is 0 Å². The fourth-order valence-electron chi connectivity index (χ4n) is 3.18. The summed E-state index contributed by atoms with van der Waals surface area (Å²) in [6.07, 6.45) is 1.35. The van der Waals surface area contributed by atoms with Crippen molar-refractivity contribution in [2.45, 2.75) is 39.5 Å². The van der Waals surface area contributed by atoms with Crippen molar-refractivity contribution in [1.29, 1.82) is 0 Å². The van der Waals surface area contributed by atoms with E-state index in [0.29, 0.717) is 17.8 Å². The van der Waals surface area contributed by atoms with E-state index in [1.54, 1.807) is 6.92 Å². The number of carboxylic acid groups (broad SMARTS) is 1. The molecule has 0 aliphatic carbocycles. The highest BCUT2D eigenvalue weighted by Gasteiger charge is 2.42. The van der Waals surface area contributed by atoms with Gasteiger partial charge in [-0.05, 0) is 25.8 Å². The normalized spacial score (nSPS) is 20.6. The number of ether oxygens (including phenoxy) is 1. The van der Waals surface area contributed by atoms with Gasteiger partial charge in [0.25, 0.3) is 0 Å². The van der Waals surface area contributed by atoms with Crippen molar-refractivity contribution in [2.24, 2.45) is 10.9 Å². The Hall–Kier alpha value is -2.43. The summed E-state index contributed by atoms with van der Waals surface area (Å²) in [4.78, 5) is 28.7. The molecule has 0 spiro atoms. The topological polar surface area (TPSA) is 76.0 Å². The van der Waals surface area contributed by atoms with Gasteiger partial charge in [0.15, 0.2) is 0 Å². The number of aliphatic imine (C=N–C) groups is 1. The van der Waals surface area contributed by atoms with Crippen LogP contribution in [-0.2, 0) is 14.3 Å². The third-order valence-electron chi connectivity index (χ3n) is 4.33. The highest BCUT2D eigenvalue weighted by Crippen LogP contribution is 2.40. The molecule has 0 saturated carbocycles. The molecule has 1 aromatic rings. The number of aliphatic carboxylic acids is 1. The Labute approximate surface area is 142 Å². The van der Waals surface area contributed by atoms with E-state index >= 15 is 0 Å². The summed E-state index contributed by atoms with van der Waals surface area (Å²) in [5.41, 5.74) is 3.20. The minimum atomic E-state index is -1.03. The van der Waals surface area contributed by atoms with Crippen LogP contribution < -0.4 is 0 Å². The fourth-order valence-corrected chi connectivity index (χ4v) is 3.18. The van der Waals surface area contributed by atoms with E-state index in [2.05, 4.69) is 4.99 Å². The number of allylic oxidation sites excluding steroid dienone is 1. The summed E-state index contributed by atoms with van der Waals surface area (Å²) < 4.78 is 4.92. The van der Waals surface area contributed by atoms with Crippen LogP contribution in [-0.4, -0.2) is 29.9 Å². The first-order valence-electron chi connectivity index (χ1n) is 8.06. The Bertz CT molecular complexity index is 701. The molecule has 2 rings (SSSR count). The molecular weight excluding hydrogens is 306 g/mol. The lowest BCUT2D eigenvalue weighted by Crippen LogP contribution is -2.36. The Kier molecular flexibility index (Phi) is 5.54. The molecular formula is C19H23NO4. The van der Waals surface area contributed by atoms with Crippen LogP contribution in [0.1, 0.15) is 43.7 Å². The molecule has 5 heteroatoms. The van der Waals surface area contributed by atoms with Gasteiger partial charge in [0.05, 0.1) is 18.4 Å². The number of nitrogens with zero attached hydrogens (tertiary/aromatic N) is 1. The maximum Gasteiger partial charge on any atom is 0.334 e. The number of carbonyl (C=O) groups is 2. The van der Waals surface area contributed by atoms with Crippen LogP contribution in [0.4, 0.5) is 0 Å². The summed E-state index contributed by atoms with van der Waals surface area (Å²) in [5.74, 6) is -2.80. The summed E-state index contributed by atoms with van der Waals surface area (Å²) in [6.45, 7) is 5.70. The van der Waals surface area contributed by atoms with Crippen molar-refractivity contribution in [3.8, 4) is 0 Å². The zero-order valence-electron chi connectivity index (χ0n) is 14.5. The highest BCUT2D eigenvalue weighted by molar-refractivity contribution is 6.06. The van der Waals surface area contributed by atoms with Crippen LogP contribution >= 0.6 is 0 Å². The molecule has 5 nitrogen and oxygen atoms in total. The van der Waals surface area contributed by atoms with Crippen molar-refractivity contribution in [1.82, 2.24) is 0 Å². The van der Waals surface area contributed by atoms with E-state index in [1.807, 2.05) is 38.1 Å². The zero-order valence-corrected chi connectivity index (χ0v) is 14.5. The minimum absolute atomic E-state index is 0.196. The molecule has 1 aromatic carbocycles.